The zero-order valence-corrected chi connectivity index (χ0v) is 12.8. The third-order valence-corrected chi connectivity index (χ3v) is 3.54. The largest absolute Gasteiger partial charge is 0.365 e. The van der Waals surface area contributed by atoms with Gasteiger partial charge in [-0.3, -0.25) is 10.1 Å². The van der Waals surface area contributed by atoms with Crippen molar-refractivity contribution < 1.29 is 4.92 Å². The summed E-state index contributed by atoms with van der Waals surface area (Å²) in [6, 6.07) is 4.96. The molecule has 2 aromatic rings. The van der Waals surface area contributed by atoms with Gasteiger partial charge in [-0.1, -0.05) is 12.1 Å². The number of nitro groups is 1. The van der Waals surface area contributed by atoms with Crippen molar-refractivity contribution in [3.8, 4) is 0 Å². The molecule has 1 heterocycles. The molecular formula is C12H10BrClN4O2. The maximum Gasteiger partial charge on any atom is 0.272 e. The molecule has 6 nitrogen and oxygen atoms in total. The van der Waals surface area contributed by atoms with Gasteiger partial charge in [0.25, 0.3) is 5.69 Å². The van der Waals surface area contributed by atoms with Crippen LogP contribution < -0.4 is 5.32 Å². The van der Waals surface area contributed by atoms with E-state index in [-0.39, 0.29) is 11.0 Å². The Kier molecular flexibility index (Phi) is 4.51. The summed E-state index contributed by atoms with van der Waals surface area (Å²) < 4.78 is 0.671. The van der Waals surface area contributed by atoms with Crippen LogP contribution in [0.2, 0.25) is 5.28 Å². The number of hydrogen-bond acceptors (Lipinski definition) is 5. The summed E-state index contributed by atoms with van der Waals surface area (Å²) in [6.07, 6.45) is 1.54. The molecule has 0 saturated heterocycles. The van der Waals surface area contributed by atoms with Crippen molar-refractivity contribution >= 4 is 39.0 Å². The zero-order chi connectivity index (χ0) is 14.7. The van der Waals surface area contributed by atoms with Crippen LogP contribution in [0.5, 0.6) is 0 Å². The lowest BCUT2D eigenvalue weighted by molar-refractivity contribution is -0.385. The van der Waals surface area contributed by atoms with Gasteiger partial charge in [-0.05, 0) is 40.0 Å². The highest BCUT2D eigenvalue weighted by molar-refractivity contribution is 9.10. The van der Waals surface area contributed by atoms with E-state index in [1.807, 2.05) is 6.07 Å². The van der Waals surface area contributed by atoms with Crippen LogP contribution in [0.25, 0.3) is 0 Å². The Hall–Kier alpha value is -1.73. The van der Waals surface area contributed by atoms with Gasteiger partial charge in [0.05, 0.1) is 9.40 Å². The van der Waals surface area contributed by atoms with Crippen molar-refractivity contribution in [2.24, 2.45) is 0 Å². The topological polar surface area (TPSA) is 81.0 Å². The Balaban J connectivity index is 2.21. The SMILES string of the molecule is Cc1c(CNc2nc(Cl)ncc2Br)cccc1[N+](=O)[O-]. The molecule has 0 aliphatic heterocycles. The van der Waals surface area contributed by atoms with Crippen LogP contribution in [0.15, 0.2) is 28.9 Å². The molecule has 0 fully saturated rings. The third-order valence-electron chi connectivity index (χ3n) is 2.78. The Labute approximate surface area is 128 Å². The molecule has 0 aliphatic rings. The number of aromatic nitrogens is 2. The molecular weight excluding hydrogens is 348 g/mol. The van der Waals surface area contributed by atoms with Crippen molar-refractivity contribution in [1.82, 2.24) is 9.97 Å². The highest BCUT2D eigenvalue weighted by atomic mass is 79.9. The summed E-state index contributed by atoms with van der Waals surface area (Å²) in [5.74, 6) is 0.538. The molecule has 20 heavy (non-hydrogen) atoms. The van der Waals surface area contributed by atoms with Crippen molar-refractivity contribution in [3.63, 3.8) is 0 Å². The van der Waals surface area contributed by atoms with E-state index in [4.69, 9.17) is 11.6 Å². The number of benzene rings is 1. The fourth-order valence-corrected chi connectivity index (χ4v) is 2.17. The zero-order valence-electron chi connectivity index (χ0n) is 10.4. The summed E-state index contributed by atoms with van der Waals surface area (Å²) in [7, 11) is 0. The van der Waals surface area contributed by atoms with Crippen molar-refractivity contribution in [1.29, 1.82) is 0 Å². The van der Waals surface area contributed by atoms with E-state index in [0.717, 1.165) is 5.56 Å². The van der Waals surface area contributed by atoms with E-state index in [1.54, 1.807) is 13.0 Å². The van der Waals surface area contributed by atoms with Gasteiger partial charge in [0.1, 0.15) is 5.82 Å². The number of nitrogens with zero attached hydrogens (tertiary/aromatic N) is 3. The first-order valence-electron chi connectivity index (χ1n) is 5.64. The molecule has 0 unspecified atom stereocenters. The fourth-order valence-electron chi connectivity index (χ4n) is 1.71. The van der Waals surface area contributed by atoms with E-state index in [0.29, 0.717) is 22.4 Å². The normalized spacial score (nSPS) is 10.3. The van der Waals surface area contributed by atoms with Crippen LogP contribution in [0.1, 0.15) is 11.1 Å². The molecule has 0 aliphatic carbocycles. The van der Waals surface area contributed by atoms with Crippen molar-refractivity contribution in [2.75, 3.05) is 5.32 Å². The molecule has 1 aromatic carbocycles. The number of hydrogen-bond donors (Lipinski definition) is 1. The van der Waals surface area contributed by atoms with Gasteiger partial charge >= 0.3 is 0 Å². The van der Waals surface area contributed by atoms with Gasteiger partial charge in [0, 0.05) is 24.4 Å². The van der Waals surface area contributed by atoms with E-state index >= 15 is 0 Å². The average Bonchev–Trinajstić information content (AvgIpc) is 2.41. The Morgan fingerprint density at radius 3 is 2.95 bits per heavy atom. The van der Waals surface area contributed by atoms with Crippen molar-refractivity contribution in [2.45, 2.75) is 13.5 Å². The van der Waals surface area contributed by atoms with Gasteiger partial charge in [-0.25, -0.2) is 4.98 Å². The van der Waals surface area contributed by atoms with Gasteiger partial charge in [-0.15, -0.1) is 0 Å². The predicted molar refractivity (Wildman–Crippen MR) is 79.9 cm³/mol. The smallest absolute Gasteiger partial charge is 0.272 e. The molecule has 1 aromatic heterocycles. The van der Waals surface area contributed by atoms with Gasteiger partial charge in [-0.2, -0.15) is 4.98 Å². The quantitative estimate of drug-likeness (QED) is 0.512. The van der Waals surface area contributed by atoms with E-state index in [9.17, 15) is 10.1 Å². The van der Waals surface area contributed by atoms with Crippen molar-refractivity contribution in [3.05, 3.63) is 55.4 Å². The summed E-state index contributed by atoms with van der Waals surface area (Å²) in [4.78, 5) is 18.4. The van der Waals surface area contributed by atoms with Gasteiger partial charge in [0.2, 0.25) is 5.28 Å². The van der Waals surface area contributed by atoms with E-state index in [2.05, 4.69) is 31.2 Å². The van der Waals surface area contributed by atoms with Crippen LogP contribution in [-0.2, 0) is 6.54 Å². The Morgan fingerprint density at radius 2 is 2.25 bits per heavy atom. The molecule has 1 N–H and O–H groups in total. The number of rotatable bonds is 4. The molecule has 104 valence electrons. The summed E-state index contributed by atoms with van der Waals surface area (Å²) >= 11 is 9.03. The lowest BCUT2D eigenvalue weighted by atomic mass is 10.1. The number of anilines is 1. The summed E-state index contributed by atoms with van der Waals surface area (Å²) in [6.45, 7) is 2.12. The molecule has 0 bridgehead atoms. The second kappa shape index (κ2) is 6.15. The second-order valence-corrected chi connectivity index (χ2v) is 5.20. The second-order valence-electron chi connectivity index (χ2n) is 4.01. The molecule has 0 saturated carbocycles. The number of nitro benzene ring substituents is 1. The van der Waals surface area contributed by atoms with Gasteiger partial charge in [0.15, 0.2) is 0 Å². The molecule has 0 atom stereocenters. The average molecular weight is 358 g/mol. The highest BCUT2D eigenvalue weighted by Gasteiger charge is 2.13. The first-order valence-corrected chi connectivity index (χ1v) is 6.81. The predicted octanol–water partition coefficient (Wildman–Crippen LogP) is 3.72. The van der Waals surface area contributed by atoms with E-state index < -0.39 is 4.92 Å². The van der Waals surface area contributed by atoms with Crippen LogP contribution in [0, 0.1) is 17.0 Å². The molecule has 0 amide bonds. The number of nitrogens with one attached hydrogen (secondary N) is 1. The standard InChI is InChI=1S/C12H10BrClN4O2/c1-7-8(3-2-4-10(7)18(19)20)5-15-11-9(13)6-16-12(14)17-11/h2-4,6H,5H2,1H3,(H,15,16,17). The van der Waals surface area contributed by atoms with Crippen LogP contribution in [0.4, 0.5) is 11.5 Å². The number of halogens is 2. The Bertz CT molecular complexity index is 666. The summed E-state index contributed by atoms with van der Waals surface area (Å²) in [5.41, 5.74) is 1.55. The van der Waals surface area contributed by atoms with Crippen LogP contribution in [-0.4, -0.2) is 14.9 Å². The minimum absolute atomic E-state index is 0.101. The first kappa shape index (κ1) is 14.7. The fraction of sp³-hybridized carbons (Fsp3) is 0.167. The maximum absolute atomic E-state index is 10.9. The minimum atomic E-state index is -0.393. The third kappa shape index (κ3) is 3.23. The molecule has 0 spiro atoms. The summed E-state index contributed by atoms with van der Waals surface area (Å²) in [5, 5.41) is 14.1. The first-order chi connectivity index (χ1) is 9.49. The molecule has 2 rings (SSSR count). The monoisotopic (exact) mass is 356 g/mol. The Morgan fingerprint density at radius 1 is 1.50 bits per heavy atom. The highest BCUT2D eigenvalue weighted by Crippen LogP contribution is 2.24. The lowest BCUT2D eigenvalue weighted by Gasteiger charge is -2.09. The van der Waals surface area contributed by atoms with E-state index in [1.165, 1.54) is 12.3 Å². The molecule has 0 radical (unpaired) electrons. The molecule has 8 heteroatoms. The van der Waals surface area contributed by atoms with Gasteiger partial charge < -0.3 is 5.32 Å². The van der Waals surface area contributed by atoms with Crippen LogP contribution >= 0.6 is 27.5 Å². The minimum Gasteiger partial charge on any atom is -0.365 e. The maximum atomic E-state index is 10.9. The lowest BCUT2D eigenvalue weighted by Crippen LogP contribution is -2.05. The van der Waals surface area contributed by atoms with Crippen LogP contribution in [0.3, 0.4) is 0 Å².